The van der Waals surface area contributed by atoms with Gasteiger partial charge in [0.15, 0.2) is 23.0 Å². The molecular formula is C27H30O13. The van der Waals surface area contributed by atoms with Crippen LogP contribution in [0.2, 0.25) is 0 Å². The number of carbonyl (C=O) groups is 1. The maximum absolute atomic E-state index is 13.0. The van der Waals surface area contributed by atoms with E-state index >= 15 is 0 Å². The Labute approximate surface area is 228 Å². The lowest BCUT2D eigenvalue weighted by atomic mass is 9.67. The number of carbonyl (C=O) groups excluding carboxylic acids is 1. The summed E-state index contributed by atoms with van der Waals surface area (Å²) in [7, 11) is 2.81. The Hall–Kier alpha value is -3.49. The van der Waals surface area contributed by atoms with E-state index < -0.39 is 49.1 Å². The summed E-state index contributed by atoms with van der Waals surface area (Å²) in [5, 5.41) is 51.3. The average molecular weight is 563 g/mol. The van der Waals surface area contributed by atoms with Gasteiger partial charge < -0.3 is 58.7 Å². The molecule has 0 bridgehead atoms. The zero-order valence-electron chi connectivity index (χ0n) is 21.7. The maximum atomic E-state index is 13.0. The number of aliphatic hydroxyl groups excluding tert-OH is 4. The Morgan fingerprint density at radius 3 is 2.38 bits per heavy atom. The predicted molar refractivity (Wildman–Crippen MR) is 132 cm³/mol. The molecule has 0 radical (unpaired) electrons. The number of cyclic esters (lactones) is 1. The SMILES string of the molecule is COc1cc([C@@H]2c3cc4c(c(O[C@@H]5O[C@H](CO)[C@@H](O)[C@H](O)[C@H]5O)c3C[C@H]3COC(=O)[C@@H]32)OCO4)cc(OC)c1O. The number of phenolic OH excluding ortho intramolecular Hbond substituents is 1. The van der Waals surface area contributed by atoms with Crippen molar-refractivity contribution < 1.29 is 63.5 Å². The van der Waals surface area contributed by atoms with Gasteiger partial charge in [-0.25, -0.2) is 0 Å². The lowest BCUT2D eigenvalue weighted by molar-refractivity contribution is -0.277. The van der Waals surface area contributed by atoms with Crippen LogP contribution in [-0.4, -0.2) is 96.4 Å². The molecule has 2 aromatic rings. The summed E-state index contributed by atoms with van der Waals surface area (Å²) in [5.41, 5.74) is 1.90. The van der Waals surface area contributed by atoms with Crippen LogP contribution in [0.25, 0.3) is 0 Å². The summed E-state index contributed by atoms with van der Waals surface area (Å²) < 4.78 is 39.4. The lowest BCUT2D eigenvalue weighted by Crippen LogP contribution is -2.60. The first-order chi connectivity index (χ1) is 19.3. The third kappa shape index (κ3) is 4.08. The van der Waals surface area contributed by atoms with Crippen molar-refractivity contribution in [3.63, 3.8) is 0 Å². The average Bonchev–Trinajstić information content (AvgIpc) is 3.58. The summed E-state index contributed by atoms with van der Waals surface area (Å²) in [6.45, 7) is -0.561. The van der Waals surface area contributed by atoms with Crippen LogP contribution in [0.15, 0.2) is 18.2 Å². The van der Waals surface area contributed by atoms with Gasteiger partial charge in [0.25, 0.3) is 0 Å². The van der Waals surface area contributed by atoms with E-state index in [9.17, 15) is 30.3 Å². The molecule has 0 amide bonds. The summed E-state index contributed by atoms with van der Waals surface area (Å²) in [4.78, 5) is 13.0. The lowest BCUT2D eigenvalue weighted by Gasteiger charge is -2.40. The predicted octanol–water partition coefficient (Wildman–Crippen LogP) is -0.206. The Balaban J connectivity index is 1.50. The van der Waals surface area contributed by atoms with Crippen LogP contribution in [-0.2, 0) is 20.7 Å². The van der Waals surface area contributed by atoms with E-state index in [2.05, 4.69) is 0 Å². The van der Waals surface area contributed by atoms with Crippen molar-refractivity contribution in [1.29, 1.82) is 0 Å². The molecular weight excluding hydrogens is 532 g/mol. The standard InChI is InChI=1S/C27H30O13/c1-34-14-4-10(5-15(35-2)20(14)29)18-12-6-16-25(38-9-37-16)24(13(12)3-11-8-36-26(33)19(11)18)40-27-23(32)22(31)21(30)17(7-28)39-27/h4-6,11,17-19,21-23,27-32H,3,7-9H2,1-2H3/t11-,17+,18+,19-,21+,22-,23+,27-/m0/s1. The topological polar surface area (TPSA) is 183 Å². The van der Waals surface area contributed by atoms with Gasteiger partial charge in [-0.1, -0.05) is 0 Å². The second kappa shape index (κ2) is 10.2. The van der Waals surface area contributed by atoms with Gasteiger partial charge in [-0.15, -0.1) is 0 Å². The van der Waals surface area contributed by atoms with Gasteiger partial charge in [-0.3, -0.25) is 4.79 Å². The third-order valence-electron chi connectivity index (χ3n) is 8.08. The first-order valence-electron chi connectivity index (χ1n) is 12.8. The molecule has 1 aliphatic carbocycles. The van der Waals surface area contributed by atoms with Crippen molar-refractivity contribution in [3.05, 3.63) is 34.9 Å². The number of methoxy groups -OCH3 is 2. The number of hydrogen-bond donors (Lipinski definition) is 5. The number of fused-ring (bicyclic) bond motifs is 3. The monoisotopic (exact) mass is 562 g/mol. The molecule has 4 aliphatic rings. The Kier molecular flexibility index (Phi) is 6.79. The van der Waals surface area contributed by atoms with Crippen molar-refractivity contribution in [2.45, 2.75) is 43.0 Å². The van der Waals surface area contributed by atoms with E-state index in [1.54, 1.807) is 18.2 Å². The van der Waals surface area contributed by atoms with E-state index in [-0.39, 0.29) is 54.0 Å². The summed E-state index contributed by atoms with van der Waals surface area (Å²) in [6, 6.07) is 5.02. The molecule has 0 aromatic heterocycles. The molecule has 3 heterocycles. The first kappa shape index (κ1) is 26.7. The molecule has 5 N–H and O–H groups in total. The highest BCUT2D eigenvalue weighted by atomic mass is 16.7. The molecule has 13 nitrogen and oxygen atoms in total. The highest BCUT2D eigenvalue weighted by Crippen LogP contribution is 2.56. The van der Waals surface area contributed by atoms with Gasteiger partial charge in [-0.05, 0) is 35.7 Å². The molecule has 0 spiro atoms. The molecule has 40 heavy (non-hydrogen) atoms. The van der Waals surface area contributed by atoms with Crippen LogP contribution in [0, 0.1) is 11.8 Å². The van der Waals surface area contributed by atoms with Gasteiger partial charge in [0.1, 0.15) is 24.4 Å². The van der Waals surface area contributed by atoms with Crippen molar-refractivity contribution in [1.82, 2.24) is 0 Å². The first-order valence-corrected chi connectivity index (χ1v) is 12.8. The molecule has 13 heteroatoms. The van der Waals surface area contributed by atoms with Gasteiger partial charge in [-0.2, -0.15) is 0 Å². The minimum atomic E-state index is -1.65. The van der Waals surface area contributed by atoms with Gasteiger partial charge >= 0.3 is 5.97 Å². The fourth-order valence-electron chi connectivity index (χ4n) is 6.07. The van der Waals surface area contributed by atoms with Crippen LogP contribution < -0.4 is 23.7 Å². The second-order valence-electron chi connectivity index (χ2n) is 10.2. The van der Waals surface area contributed by atoms with E-state index in [1.165, 1.54) is 14.2 Å². The zero-order valence-corrected chi connectivity index (χ0v) is 21.7. The zero-order chi connectivity index (χ0) is 28.3. The number of aromatic hydroxyl groups is 1. The van der Waals surface area contributed by atoms with Gasteiger partial charge in [0.2, 0.25) is 24.6 Å². The van der Waals surface area contributed by atoms with E-state index in [4.69, 9.17) is 33.2 Å². The smallest absolute Gasteiger partial charge is 0.310 e. The summed E-state index contributed by atoms with van der Waals surface area (Å²) >= 11 is 0. The highest BCUT2D eigenvalue weighted by Gasteiger charge is 2.51. The normalized spacial score (nSPS) is 32.2. The van der Waals surface area contributed by atoms with E-state index in [1.807, 2.05) is 0 Å². The summed E-state index contributed by atoms with van der Waals surface area (Å²) in [5.74, 6) is -0.932. The quantitative estimate of drug-likeness (QED) is 0.292. The molecule has 2 fully saturated rings. The van der Waals surface area contributed by atoms with Crippen LogP contribution in [0.4, 0.5) is 0 Å². The number of benzene rings is 2. The van der Waals surface area contributed by atoms with Crippen molar-refractivity contribution in [3.8, 4) is 34.5 Å². The number of aliphatic hydroxyl groups is 4. The minimum Gasteiger partial charge on any atom is -0.502 e. The van der Waals surface area contributed by atoms with Crippen LogP contribution >= 0.6 is 0 Å². The minimum absolute atomic E-state index is 0.107. The molecule has 6 rings (SSSR count). The maximum Gasteiger partial charge on any atom is 0.310 e. The van der Waals surface area contributed by atoms with Crippen molar-refractivity contribution in [2.75, 3.05) is 34.2 Å². The Morgan fingerprint density at radius 2 is 1.70 bits per heavy atom. The van der Waals surface area contributed by atoms with Crippen LogP contribution in [0.5, 0.6) is 34.5 Å². The molecule has 216 valence electrons. The number of hydrogen-bond acceptors (Lipinski definition) is 13. The molecule has 0 unspecified atom stereocenters. The number of ether oxygens (including phenoxy) is 7. The number of esters is 1. The summed E-state index contributed by atoms with van der Waals surface area (Å²) in [6.07, 6.45) is -7.15. The number of phenols is 1. The van der Waals surface area contributed by atoms with Crippen LogP contribution in [0.1, 0.15) is 22.6 Å². The largest absolute Gasteiger partial charge is 0.502 e. The Bertz CT molecular complexity index is 1280. The highest BCUT2D eigenvalue weighted by molar-refractivity contribution is 5.79. The molecule has 2 saturated heterocycles. The molecule has 0 saturated carbocycles. The van der Waals surface area contributed by atoms with Crippen molar-refractivity contribution in [2.24, 2.45) is 11.8 Å². The fraction of sp³-hybridized carbons (Fsp3) is 0.519. The fourth-order valence-corrected chi connectivity index (χ4v) is 6.07. The number of rotatable bonds is 6. The molecule has 8 atom stereocenters. The van der Waals surface area contributed by atoms with Crippen molar-refractivity contribution >= 4 is 5.97 Å². The molecule has 2 aromatic carbocycles. The van der Waals surface area contributed by atoms with Gasteiger partial charge in [0, 0.05) is 17.4 Å². The van der Waals surface area contributed by atoms with E-state index in [0.717, 1.165) is 0 Å². The third-order valence-corrected chi connectivity index (χ3v) is 8.08. The van der Waals surface area contributed by atoms with E-state index in [0.29, 0.717) is 28.9 Å². The van der Waals surface area contributed by atoms with Gasteiger partial charge in [0.05, 0.1) is 33.4 Å². The second-order valence-corrected chi connectivity index (χ2v) is 10.2. The Morgan fingerprint density at radius 1 is 0.975 bits per heavy atom. The molecule has 3 aliphatic heterocycles. The van der Waals surface area contributed by atoms with Crippen LogP contribution in [0.3, 0.4) is 0 Å².